The predicted octanol–water partition coefficient (Wildman–Crippen LogP) is 7.28. The number of pyridine rings is 1. The van der Waals surface area contributed by atoms with E-state index in [1.54, 1.807) is 4.90 Å². The van der Waals surface area contributed by atoms with E-state index >= 15 is 4.39 Å². The van der Waals surface area contributed by atoms with Crippen molar-refractivity contribution in [1.29, 1.82) is 5.26 Å². The van der Waals surface area contributed by atoms with Crippen LogP contribution in [0.1, 0.15) is 37.8 Å². The first-order valence-electron chi connectivity index (χ1n) is 16.2. The highest BCUT2D eigenvalue weighted by atomic mass is 35.5. The zero-order valence-corrected chi connectivity index (χ0v) is 27.6. The molecule has 8 nitrogen and oxygen atoms in total. The summed E-state index contributed by atoms with van der Waals surface area (Å²) in [7, 11) is 2.12. The number of nitrogens with zero attached hydrogens (tertiary/aromatic N) is 7. The lowest BCUT2D eigenvalue weighted by Gasteiger charge is -2.44. The molecule has 2 saturated heterocycles. The third-order valence-corrected chi connectivity index (χ3v) is 10.5. The Morgan fingerprint density at radius 1 is 1.23 bits per heavy atom. The minimum absolute atomic E-state index is 0.0408. The molecule has 2 fully saturated rings. The van der Waals surface area contributed by atoms with Crippen molar-refractivity contribution in [1.82, 2.24) is 24.3 Å². The Bertz CT molecular complexity index is 2090. The number of nitriles is 1. The van der Waals surface area contributed by atoms with Crippen LogP contribution < -0.4 is 4.90 Å². The van der Waals surface area contributed by atoms with Crippen LogP contribution in [0.15, 0.2) is 61.4 Å². The Hall–Kier alpha value is -4.52. The van der Waals surface area contributed by atoms with Gasteiger partial charge in [0.05, 0.1) is 24.3 Å². The molecule has 4 heterocycles. The summed E-state index contributed by atoms with van der Waals surface area (Å²) in [5, 5.41) is 12.6. The number of benzene rings is 3. The monoisotopic (exact) mass is 649 g/mol. The van der Waals surface area contributed by atoms with Crippen LogP contribution in [0.4, 0.5) is 10.2 Å². The average Bonchev–Trinajstić information content (AvgIpc) is 3.50. The van der Waals surface area contributed by atoms with Gasteiger partial charge < -0.3 is 19.3 Å². The largest absolute Gasteiger partial charge is 0.351 e. The fourth-order valence-corrected chi connectivity index (χ4v) is 7.78. The van der Waals surface area contributed by atoms with E-state index < -0.39 is 0 Å². The van der Waals surface area contributed by atoms with E-state index in [1.165, 1.54) is 6.08 Å². The van der Waals surface area contributed by atoms with Gasteiger partial charge >= 0.3 is 0 Å². The van der Waals surface area contributed by atoms with E-state index in [0.29, 0.717) is 52.7 Å². The summed E-state index contributed by atoms with van der Waals surface area (Å²) in [6, 6.07) is 15.9. The SMILES string of the molecule is C=CC(=O)N1CCC(n2cnc3c(N4CC(N(C)CC)C4)nc4c(F)c(-c5cccc6cccc(Cl)c56)c(C)cc4c32)C[C@H]1CC#N. The molecule has 0 N–H and O–H groups in total. The van der Waals surface area contributed by atoms with E-state index in [1.807, 2.05) is 55.7 Å². The number of imidazole rings is 1. The highest BCUT2D eigenvalue weighted by Crippen LogP contribution is 2.43. The molecule has 2 aliphatic rings. The first-order valence-corrected chi connectivity index (χ1v) is 16.6. The Labute approximate surface area is 278 Å². The van der Waals surface area contributed by atoms with Crippen LogP contribution in [-0.4, -0.2) is 75.6 Å². The van der Waals surface area contributed by atoms with Gasteiger partial charge in [0.2, 0.25) is 5.91 Å². The van der Waals surface area contributed by atoms with Gasteiger partial charge in [0.1, 0.15) is 11.0 Å². The molecule has 0 radical (unpaired) electrons. The Balaban J connectivity index is 1.43. The fraction of sp³-hybridized carbons (Fsp3) is 0.351. The number of hydrogen-bond donors (Lipinski definition) is 0. The van der Waals surface area contributed by atoms with Crippen LogP contribution in [0, 0.1) is 24.1 Å². The molecule has 7 rings (SSSR count). The zero-order chi connectivity index (χ0) is 33.0. The van der Waals surface area contributed by atoms with Crippen molar-refractivity contribution in [3.8, 4) is 17.2 Å². The van der Waals surface area contributed by atoms with Gasteiger partial charge in [-0.05, 0) is 68.1 Å². The summed E-state index contributed by atoms with van der Waals surface area (Å²) in [6.45, 7) is 10.7. The summed E-state index contributed by atoms with van der Waals surface area (Å²) in [5.74, 6) is 0.114. The van der Waals surface area contributed by atoms with Gasteiger partial charge in [0, 0.05) is 59.1 Å². The van der Waals surface area contributed by atoms with Crippen molar-refractivity contribution in [3.05, 3.63) is 77.9 Å². The van der Waals surface area contributed by atoms with Gasteiger partial charge in [-0.1, -0.05) is 55.4 Å². The van der Waals surface area contributed by atoms with Gasteiger partial charge in [-0.2, -0.15) is 5.26 Å². The summed E-state index contributed by atoms with van der Waals surface area (Å²) in [5.41, 5.74) is 3.83. The molecule has 1 unspecified atom stereocenters. The van der Waals surface area contributed by atoms with Gasteiger partial charge in [0.25, 0.3) is 0 Å². The number of piperidine rings is 1. The van der Waals surface area contributed by atoms with E-state index in [9.17, 15) is 10.1 Å². The number of likely N-dealkylation sites (tertiary alicyclic amines) is 1. The normalized spacial score (nSPS) is 18.7. The second kappa shape index (κ2) is 12.3. The van der Waals surface area contributed by atoms with Crippen LogP contribution in [0.3, 0.4) is 0 Å². The Morgan fingerprint density at radius 2 is 2.00 bits per heavy atom. The molecule has 5 aromatic rings. The fourth-order valence-electron chi connectivity index (χ4n) is 7.49. The molecule has 47 heavy (non-hydrogen) atoms. The minimum Gasteiger partial charge on any atom is -0.351 e. The van der Waals surface area contributed by atoms with Crippen molar-refractivity contribution >= 4 is 56.0 Å². The summed E-state index contributed by atoms with van der Waals surface area (Å²) < 4.78 is 19.3. The van der Waals surface area contributed by atoms with Gasteiger partial charge in [-0.25, -0.2) is 14.4 Å². The molecule has 3 aromatic carbocycles. The first-order chi connectivity index (χ1) is 22.7. The number of anilines is 1. The standard InChI is InChI=1S/C37H37ClFN7O/c1-5-30(47)45-16-14-25(18-24(45)13-15-40)46-21-41-35-36(46)28-17-22(3)31(27-11-7-9-23-10-8-12-29(38)32(23)27)33(39)34(28)42-37(35)44-19-26(20-44)43(4)6-2/h5,7-12,17,21,24-26H,1,6,13-14,16,18-20H2,2-4H3/t24-,25?/m1/s1. The number of aryl methyl sites for hydroxylation is 1. The van der Waals surface area contributed by atoms with E-state index in [4.69, 9.17) is 21.6 Å². The van der Waals surface area contributed by atoms with Crippen LogP contribution in [0.25, 0.3) is 43.8 Å². The number of carbonyl (C=O) groups is 1. The predicted molar refractivity (Wildman–Crippen MR) is 186 cm³/mol. The molecule has 0 saturated carbocycles. The second-order valence-corrected chi connectivity index (χ2v) is 13.2. The molecule has 240 valence electrons. The number of likely N-dealkylation sites (N-methyl/N-ethyl adjacent to an activating group) is 1. The topological polar surface area (TPSA) is 81.3 Å². The lowest BCUT2D eigenvalue weighted by molar-refractivity contribution is -0.130. The summed E-state index contributed by atoms with van der Waals surface area (Å²) >= 11 is 6.71. The quantitative estimate of drug-likeness (QED) is 0.172. The van der Waals surface area contributed by atoms with Gasteiger partial charge in [0.15, 0.2) is 11.6 Å². The molecule has 0 aliphatic carbocycles. The molecule has 1 amide bonds. The maximum absolute atomic E-state index is 17.2. The summed E-state index contributed by atoms with van der Waals surface area (Å²) in [4.78, 5) is 28.8. The van der Waals surface area contributed by atoms with Crippen LogP contribution in [0.5, 0.6) is 0 Å². The molecule has 2 aromatic heterocycles. The molecule has 2 atom stereocenters. The third kappa shape index (κ3) is 5.11. The van der Waals surface area contributed by atoms with Crippen molar-refractivity contribution < 1.29 is 9.18 Å². The summed E-state index contributed by atoms with van der Waals surface area (Å²) in [6.07, 6.45) is 4.62. The number of carbonyl (C=O) groups excluding carboxylic acids is 1. The highest BCUT2D eigenvalue weighted by Gasteiger charge is 2.36. The lowest BCUT2D eigenvalue weighted by atomic mass is 9.92. The lowest BCUT2D eigenvalue weighted by Crippen LogP contribution is -2.58. The van der Waals surface area contributed by atoms with Gasteiger partial charge in [-0.15, -0.1) is 0 Å². The molecule has 2 aliphatic heterocycles. The first kappa shape index (κ1) is 31.1. The highest BCUT2D eigenvalue weighted by molar-refractivity contribution is 6.36. The molecule has 0 spiro atoms. The Morgan fingerprint density at radius 3 is 2.72 bits per heavy atom. The van der Waals surface area contributed by atoms with Crippen LogP contribution in [-0.2, 0) is 4.79 Å². The number of hydrogen-bond acceptors (Lipinski definition) is 6. The van der Waals surface area contributed by atoms with E-state index in [-0.39, 0.29) is 30.2 Å². The van der Waals surface area contributed by atoms with E-state index in [0.717, 1.165) is 52.6 Å². The van der Waals surface area contributed by atoms with E-state index in [2.05, 4.69) is 41.0 Å². The number of aromatic nitrogens is 3. The second-order valence-electron chi connectivity index (χ2n) is 12.8. The number of amides is 1. The minimum atomic E-state index is -0.389. The van der Waals surface area contributed by atoms with Gasteiger partial charge in [-0.3, -0.25) is 4.79 Å². The molecular weight excluding hydrogens is 613 g/mol. The van der Waals surface area contributed by atoms with Crippen molar-refractivity contribution in [3.63, 3.8) is 0 Å². The van der Waals surface area contributed by atoms with Crippen LogP contribution in [0.2, 0.25) is 5.02 Å². The Kier molecular flexibility index (Phi) is 8.11. The number of fused-ring (bicyclic) bond motifs is 4. The van der Waals surface area contributed by atoms with Crippen LogP contribution >= 0.6 is 11.6 Å². The number of halogens is 2. The van der Waals surface area contributed by atoms with Crippen molar-refractivity contribution in [2.45, 2.75) is 51.2 Å². The van der Waals surface area contributed by atoms with Crippen molar-refractivity contribution in [2.75, 3.05) is 38.1 Å². The zero-order valence-electron chi connectivity index (χ0n) is 26.9. The maximum atomic E-state index is 17.2. The maximum Gasteiger partial charge on any atom is 0.246 e. The average molecular weight is 650 g/mol. The number of rotatable bonds is 7. The molecular formula is C37H37ClFN7O. The molecule has 10 heteroatoms. The third-order valence-electron chi connectivity index (χ3n) is 10.2. The smallest absolute Gasteiger partial charge is 0.246 e. The molecule has 0 bridgehead atoms. The van der Waals surface area contributed by atoms with Crippen molar-refractivity contribution in [2.24, 2.45) is 0 Å².